The third-order valence-corrected chi connectivity index (χ3v) is 3.23. The highest BCUT2D eigenvalue weighted by Crippen LogP contribution is 2.26. The first-order chi connectivity index (χ1) is 9.10. The zero-order valence-electron chi connectivity index (χ0n) is 10.8. The van der Waals surface area contributed by atoms with Crippen LogP contribution in [-0.4, -0.2) is 7.05 Å². The zero-order valence-corrected chi connectivity index (χ0v) is 11.5. The van der Waals surface area contributed by atoms with Crippen LogP contribution in [-0.2, 0) is 0 Å². The normalized spacial score (nSPS) is 12.2. The summed E-state index contributed by atoms with van der Waals surface area (Å²) in [6.07, 6.45) is 0. The van der Waals surface area contributed by atoms with E-state index in [4.69, 9.17) is 16.3 Å². The lowest BCUT2D eigenvalue weighted by Crippen LogP contribution is -2.11. The minimum atomic E-state index is -0.452. The van der Waals surface area contributed by atoms with E-state index in [0.717, 1.165) is 0 Å². The summed E-state index contributed by atoms with van der Waals surface area (Å²) in [4.78, 5) is 0. The van der Waals surface area contributed by atoms with E-state index in [9.17, 15) is 4.39 Å². The van der Waals surface area contributed by atoms with E-state index in [1.165, 1.54) is 17.7 Å². The van der Waals surface area contributed by atoms with Gasteiger partial charge in [-0.1, -0.05) is 23.7 Å². The summed E-state index contributed by atoms with van der Waals surface area (Å²) < 4.78 is 18.6. The number of hydrogen-bond acceptors (Lipinski definition) is 2. The summed E-state index contributed by atoms with van der Waals surface area (Å²) in [6.45, 7) is 2.08. The van der Waals surface area contributed by atoms with Crippen LogP contribution in [0.25, 0.3) is 0 Å². The fourth-order valence-corrected chi connectivity index (χ4v) is 1.84. The van der Waals surface area contributed by atoms with Crippen molar-refractivity contribution in [2.75, 3.05) is 7.05 Å². The maximum atomic E-state index is 13.0. The van der Waals surface area contributed by atoms with Gasteiger partial charge in [0.05, 0.1) is 5.02 Å². The highest BCUT2D eigenvalue weighted by Gasteiger charge is 2.05. The molecule has 19 heavy (non-hydrogen) atoms. The molecule has 0 fully saturated rings. The van der Waals surface area contributed by atoms with Crippen LogP contribution in [0, 0.1) is 5.82 Å². The third kappa shape index (κ3) is 3.46. The number of rotatable bonds is 4. The first-order valence-electron chi connectivity index (χ1n) is 6.00. The summed E-state index contributed by atoms with van der Waals surface area (Å²) >= 11 is 5.70. The molecule has 0 aromatic heterocycles. The predicted molar refractivity (Wildman–Crippen MR) is 75.4 cm³/mol. The summed E-state index contributed by atoms with van der Waals surface area (Å²) in [5.74, 6) is 0.753. The molecule has 1 atom stereocenters. The van der Waals surface area contributed by atoms with Crippen LogP contribution in [0.1, 0.15) is 18.5 Å². The topological polar surface area (TPSA) is 21.3 Å². The lowest BCUT2D eigenvalue weighted by molar-refractivity contribution is 0.480. The van der Waals surface area contributed by atoms with Gasteiger partial charge in [-0.25, -0.2) is 4.39 Å². The van der Waals surface area contributed by atoms with Crippen LogP contribution in [0.15, 0.2) is 42.5 Å². The second-order valence-corrected chi connectivity index (χ2v) is 4.66. The molecule has 1 N–H and O–H groups in total. The first-order valence-corrected chi connectivity index (χ1v) is 6.38. The molecule has 0 saturated heterocycles. The molecule has 0 amide bonds. The van der Waals surface area contributed by atoms with Crippen molar-refractivity contribution in [2.45, 2.75) is 13.0 Å². The number of halogens is 2. The Morgan fingerprint density at radius 2 is 1.74 bits per heavy atom. The van der Waals surface area contributed by atoms with Gasteiger partial charge < -0.3 is 10.1 Å². The molecule has 0 radical (unpaired) electrons. The van der Waals surface area contributed by atoms with Gasteiger partial charge in [0.2, 0.25) is 0 Å². The van der Waals surface area contributed by atoms with Crippen molar-refractivity contribution in [3.8, 4) is 11.5 Å². The minimum absolute atomic E-state index is 0.0536. The second-order valence-electron chi connectivity index (χ2n) is 4.26. The number of ether oxygens (including phenoxy) is 1. The Labute approximate surface area is 117 Å². The van der Waals surface area contributed by atoms with Crippen molar-refractivity contribution in [3.63, 3.8) is 0 Å². The largest absolute Gasteiger partial charge is 0.457 e. The molecular weight excluding hydrogens is 265 g/mol. The maximum Gasteiger partial charge on any atom is 0.142 e. The molecule has 2 aromatic rings. The molecule has 0 aliphatic heterocycles. The van der Waals surface area contributed by atoms with Crippen LogP contribution >= 0.6 is 11.6 Å². The molecule has 0 saturated carbocycles. The summed E-state index contributed by atoms with van der Waals surface area (Å²) in [6, 6.07) is 12.3. The van der Waals surface area contributed by atoms with Gasteiger partial charge in [0.15, 0.2) is 0 Å². The Morgan fingerprint density at radius 3 is 2.32 bits per heavy atom. The van der Waals surface area contributed by atoms with Gasteiger partial charge in [0.25, 0.3) is 0 Å². The predicted octanol–water partition coefficient (Wildman–Crippen LogP) is 4.55. The van der Waals surface area contributed by atoms with Crippen molar-refractivity contribution < 1.29 is 9.13 Å². The van der Waals surface area contributed by atoms with Gasteiger partial charge >= 0.3 is 0 Å². The van der Waals surface area contributed by atoms with Gasteiger partial charge in [-0.2, -0.15) is 0 Å². The van der Waals surface area contributed by atoms with Crippen molar-refractivity contribution in [1.82, 2.24) is 5.32 Å². The summed E-state index contributed by atoms with van der Waals surface area (Å²) in [7, 11) is 1.91. The Bertz CT molecular complexity index is 557. The monoisotopic (exact) mass is 279 g/mol. The number of benzene rings is 2. The van der Waals surface area contributed by atoms with Gasteiger partial charge in [-0.15, -0.1) is 0 Å². The summed E-state index contributed by atoms with van der Waals surface area (Å²) in [5.41, 5.74) is 1.17. The molecule has 100 valence electrons. The molecule has 1 unspecified atom stereocenters. The average molecular weight is 280 g/mol. The van der Waals surface area contributed by atoms with Crippen LogP contribution < -0.4 is 10.1 Å². The molecule has 0 heterocycles. The van der Waals surface area contributed by atoms with E-state index in [1.54, 1.807) is 6.07 Å². The average Bonchev–Trinajstić information content (AvgIpc) is 2.43. The van der Waals surface area contributed by atoms with E-state index in [1.807, 2.05) is 31.3 Å². The Balaban J connectivity index is 2.12. The fourth-order valence-electron chi connectivity index (χ4n) is 1.67. The van der Waals surface area contributed by atoms with Gasteiger partial charge in [-0.3, -0.25) is 0 Å². The molecule has 0 bridgehead atoms. The Kier molecular flexibility index (Phi) is 4.40. The van der Waals surface area contributed by atoms with Gasteiger partial charge in [-0.05, 0) is 43.8 Å². The molecular formula is C15H15ClFNO. The smallest absolute Gasteiger partial charge is 0.142 e. The molecule has 2 nitrogen and oxygen atoms in total. The first kappa shape index (κ1) is 13.8. The fraction of sp³-hybridized carbons (Fsp3) is 0.200. The molecule has 4 heteroatoms. The van der Waals surface area contributed by atoms with Crippen LogP contribution in [0.3, 0.4) is 0 Å². The molecule has 0 aliphatic carbocycles. The second kappa shape index (κ2) is 6.04. The standard InChI is InChI=1S/C15H15ClFNO/c1-10(18-2)11-3-5-12(6-4-11)19-13-7-8-15(17)14(16)9-13/h3-10,18H,1-2H3. The highest BCUT2D eigenvalue weighted by atomic mass is 35.5. The quantitative estimate of drug-likeness (QED) is 0.886. The van der Waals surface area contributed by atoms with Crippen LogP contribution in [0.4, 0.5) is 4.39 Å². The van der Waals surface area contributed by atoms with E-state index >= 15 is 0 Å². The van der Waals surface area contributed by atoms with Crippen molar-refractivity contribution in [2.24, 2.45) is 0 Å². The summed E-state index contributed by atoms with van der Waals surface area (Å²) in [5, 5.41) is 3.22. The van der Waals surface area contributed by atoms with E-state index < -0.39 is 5.82 Å². The third-order valence-electron chi connectivity index (χ3n) is 2.94. The van der Waals surface area contributed by atoms with Crippen molar-refractivity contribution >= 4 is 11.6 Å². The van der Waals surface area contributed by atoms with Gasteiger partial charge in [0.1, 0.15) is 17.3 Å². The van der Waals surface area contributed by atoms with Gasteiger partial charge in [0, 0.05) is 12.1 Å². The lowest BCUT2D eigenvalue weighted by Gasteiger charge is -2.11. The lowest BCUT2D eigenvalue weighted by atomic mass is 10.1. The number of hydrogen-bond donors (Lipinski definition) is 1. The van der Waals surface area contributed by atoms with E-state index in [-0.39, 0.29) is 11.1 Å². The Morgan fingerprint density at radius 1 is 1.11 bits per heavy atom. The number of nitrogens with one attached hydrogen (secondary N) is 1. The van der Waals surface area contributed by atoms with Crippen LogP contribution in [0.2, 0.25) is 5.02 Å². The van der Waals surface area contributed by atoms with Crippen molar-refractivity contribution in [1.29, 1.82) is 0 Å². The SMILES string of the molecule is CNC(C)c1ccc(Oc2ccc(F)c(Cl)c2)cc1. The molecule has 0 spiro atoms. The molecule has 0 aliphatic rings. The molecule has 2 rings (SSSR count). The van der Waals surface area contributed by atoms with Crippen LogP contribution in [0.5, 0.6) is 11.5 Å². The zero-order chi connectivity index (χ0) is 13.8. The minimum Gasteiger partial charge on any atom is -0.457 e. The Hall–Kier alpha value is -1.58. The van der Waals surface area contributed by atoms with Crippen molar-refractivity contribution in [3.05, 3.63) is 58.9 Å². The van der Waals surface area contributed by atoms with E-state index in [0.29, 0.717) is 11.5 Å². The van der Waals surface area contributed by atoms with E-state index in [2.05, 4.69) is 12.2 Å². The molecule has 2 aromatic carbocycles. The maximum absolute atomic E-state index is 13.0. The highest BCUT2D eigenvalue weighted by molar-refractivity contribution is 6.30.